The van der Waals surface area contributed by atoms with Crippen molar-refractivity contribution in [2.75, 3.05) is 31.5 Å². The topological polar surface area (TPSA) is 78.4 Å². The molecule has 1 saturated heterocycles. The first-order valence-electron chi connectivity index (χ1n) is 9.22. The van der Waals surface area contributed by atoms with Crippen LogP contribution in [0.15, 0.2) is 30.6 Å². The summed E-state index contributed by atoms with van der Waals surface area (Å²) in [7, 11) is 0. The summed E-state index contributed by atoms with van der Waals surface area (Å²) in [5.41, 5.74) is 3.70. The number of para-hydroxylation sites is 1. The highest BCUT2D eigenvalue weighted by Gasteiger charge is 2.24. The zero-order valence-electron chi connectivity index (χ0n) is 16.0. The van der Waals surface area contributed by atoms with Gasteiger partial charge in [0, 0.05) is 44.9 Å². The summed E-state index contributed by atoms with van der Waals surface area (Å²) in [6, 6.07) is 7.85. The van der Waals surface area contributed by atoms with Crippen LogP contribution in [0.4, 0.5) is 11.5 Å². The van der Waals surface area contributed by atoms with Crippen molar-refractivity contribution < 1.29 is 9.59 Å². The fourth-order valence-corrected chi connectivity index (χ4v) is 3.26. The summed E-state index contributed by atoms with van der Waals surface area (Å²) in [4.78, 5) is 36.1. The van der Waals surface area contributed by atoms with Crippen molar-refractivity contribution in [3.05, 3.63) is 47.4 Å². The van der Waals surface area contributed by atoms with Crippen LogP contribution in [0, 0.1) is 6.92 Å². The highest BCUT2D eigenvalue weighted by atomic mass is 16.2. The molecule has 0 unspecified atom stereocenters. The van der Waals surface area contributed by atoms with Gasteiger partial charge < -0.3 is 15.1 Å². The molecule has 0 bridgehead atoms. The molecule has 3 rings (SSSR count). The SMILES string of the molecule is CCc1cccc(C)c1Nc1cc(C(=O)N2CCN(C(C)=O)CC2)ncn1. The molecular formula is C20H25N5O2. The Bertz CT molecular complexity index is 844. The number of hydrogen-bond donors (Lipinski definition) is 1. The Hall–Kier alpha value is -2.96. The van der Waals surface area contributed by atoms with Gasteiger partial charge in [0.2, 0.25) is 5.91 Å². The van der Waals surface area contributed by atoms with Gasteiger partial charge in [0.05, 0.1) is 0 Å². The van der Waals surface area contributed by atoms with Crippen molar-refractivity contribution in [3.63, 3.8) is 0 Å². The Morgan fingerprint density at radius 1 is 1.11 bits per heavy atom. The lowest BCUT2D eigenvalue weighted by molar-refractivity contribution is -0.130. The Labute approximate surface area is 159 Å². The molecule has 27 heavy (non-hydrogen) atoms. The van der Waals surface area contributed by atoms with E-state index in [1.54, 1.807) is 22.8 Å². The molecule has 1 aliphatic rings. The molecule has 142 valence electrons. The summed E-state index contributed by atoms with van der Waals surface area (Å²) < 4.78 is 0. The fraction of sp³-hybridized carbons (Fsp3) is 0.400. The maximum Gasteiger partial charge on any atom is 0.272 e. The summed E-state index contributed by atoms with van der Waals surface area (Å²) in [5.74, 6) is 0.504. The maximum absolute atomic E-state index is 12.8. The molecule has 2 amide bonds. The molecule has 0 aliphatic carbocycles. The van der Waals surface area contributed by atoms with Crippen LogP contribution >= 0.6 is 0 Å². The number of nitrogens with zero attached hydrogens (tertiary/aromatic N) is 4. The number of anilines is 2. The van der Waals surface area contributed by atoms with E-state index in [0.29, 0.717) is 37.7 Å². The van der Waals surface area contributed by atoms with Crippen molar-refractivity contribution in [1.29, 1.82) is 0 Å². The molecule has 2 heterocycles. The third-order valence-corrected chi connectivity index (χ3v) is 4.89. The van der Waals surface area contributed by atoms with E-state index in [2.05, 4.69) is 28.3 Å². The van der Waals surface area contributed by atoms with E-state index in [0.717, 1.165) is 17.7 Å². The van der Waals surface area contributed by atoms with Crippen molar-refractivity contribution in [3.8, 4) is 0 Å². The van der Waals surface area contributed by atoms with Gasteiger partial charge in [-0.05, 0) is 24.5 Å². The normalized spacial score (nSPS) is 14.2. The largest absolute Gasteiger partial charge is 0.340 e. The van der Waals surface area contributed by atoms with Crippen LogP contribution in [0.2, 0.25) is 0 Å². The average molecular weight is 367 g/mol. The Kier molecular flexibility index (Phi) is 5.69. The van der Waals surface area contributed by atoms with Gasteiger partial charge in [-0.3, -0.25) is 9.59 Å². The van der Waals surface area contributed by atoms with Crippen LogP contribution < -0.4 is 5.32 Å². The number of benzene rings is 1. The molecule has 7 nitrogen and oxygen atoms in total. The Morgan fingerprint density at radius 3 is 2.48 bits per heavy atom. The molecular weight excluding hydrogens is 342 g/mol. The summed E-state index contributed by atoms with van der Waals surface area (Å²) in [5, 5.41) is 3.34. The number of hydrogen-bond acceptors (Lipinski definition) is 5. The van der Waals surface area contributed by atoms with E-state index in [4.69, 9.17) is 0 Å². The van der Waals surface area contributed by atoms with Gasteiger partial charge in [-0.1, -0.05) is 25.1 Å². The highest BCUT2D eigenvalue weighted by molar-refractivity contribution is 5.93. The minimum atomic E-state index is -0.135. The third-order valence-electron chi connectivity index (χ3n) is 4.89. The van der Waals surface area contributed by atoms with Crippen LogP contribution in [-0.2, 0) is 11.2 Å². The second kappa shape index (κ2) is 8.16. The number of nitrogens with one attached hydrogen (secondary N) is 1. The molecule has 1 N–H and O–H groups in total. The molecule has 7 heteroatoms. The monoisotopic (exact) mass is 367 g/mol. The smallest absolute Gasteiger partial charge is 0.272 e. The van der Waals surface area contributed by atoms with Gasteiger partial charge in [0.25, 0.3) is 5.91 Å². The van der Waals surface area contributed by atoms with Crippen LogP contribution in [0.1, 0.15) is 35.5 Å². The minimum absolute atomic E-state index is 0.0422. The first kappa shape index (κ1) is 18.8. The standard InChI is InChI=1S/C20H25N5O2/c1-4-16-7-5-6-14(2)19(16)23-18-12-17(21-13-22-18)20(27)25-10-8-24(9-11-25)15(3)26/h5-7,12-13H,4,8-11H2,1-3H3,(H,21,22,23). The number of amides is 2. The minimum Gasteiger partial charge on any atom is -0.340 e. The highest BCUT2D eigenvalue weighted by Crippen LogP contribution is 2.24. The quantitative estimate of drug-likeness (QED) is 0.898. The molecule has 0 radical (unpaired) electrons. The van der Waals surface area contributed by atoms with Crippen LogP contribution in [0.25, 0.3) is 0 Å². The van der Waals surface area contributed by atoms with Gasteiger partial charge >= 0.3 is 0 Å². The molecule has 1 aliphatic heterocycles. The van der Waals surface area contributed by atoms with E-state index >= 15 is 0 Å². The van der Waals surface area contributed by atoms with Crippen molar-refractivity contribution in [2.45, 2.75) is 27.2 Å². The predicted molar refractivity (Wildman–Crippen MR) is 104 cm³/mol. The van der Waals surface area contributed by atoms with E-state index in [1.807, 2.05) is 19.1 Å². The molecule has 0 spiro atoms. The molecule has 0 atom stereocenters. The fourth-order valence-electron chi connectivity index (χ4n) is 3.26. The zero-order valence-corrected chi connectivity index (χ0v) is 16.0. The molecule has 1 aromatic heterocycles. The first-order chi connectivity index (χ1) is 13.0. The van der Waals surface area contributed by atoms with E-state index in [9.17, 15) is 9.59 Å². The molecule has 1 fully saturated rings. The lowest BCUT2D eigenvalue weighted by Gasteiger charge is -2.34. The number of rotatable bonds is 4. The second-order valence-electron chi connectivity index (χ2n) is 6.67. The number of aryl methyl sites for hydroxylation is 2. The summed E-state index contributed by atoms with van der Waals surface area (Å²) >= 11 is 0. The van der Waals surface area contributed by atoms with E-state index in [1.165, 1.54) is 11.9 Å². The van der Waals surface area contributed by atoms with Gasteiger partial charge in [0.15, 0.2) is 0 Å². The number of carbonyl (C=O) groups is 2. The number of piperazine rings is 1. The van der Waals surface area contributed by atoms with Crippen LogP contribution in [-0.4, -0.2) is 57.8 Å². The Morgan fingerprint density at radius 2 is 1.81 bits per heavy atom. The third kappa shape index (κ3) is 4.24. The van der Waals surface area contributed by atoms with Crippen molar-refractivity contribution in [2.24, 2.45) is 0 Å². The van der Waals surface area contributed by atoms with E-state index < -0.39 is 0 Å². The van der Waals surface area contributed by atoms with Gasteiger partial charge in [-0.15, -0.1) is 0 Å². The van der Waals surface area contributed by atoms with Gasteiger partial charge in [-0.25, -0.2) is 9.97 Å². The van der Waals surface area contributed by atoms with Gasteiger partial charge in [-0.2, -0.15) is 0 Å². The lowest BCUT2D eigenvalue weighted by atomic mass is 10.1. The maximum atomic E-state index is 12.8. The summed E-state index contributed by atoms with van der Waals surface area (Å²) in [6.45, 7) is 7.85. The molecule has 2 aromatic rings. The zero-order chi connectivity index (χ0) is 19.4. The molecule has 1 aromatic carbocycles. The first-order valence-corrected chi connectivity index (χ1v) is 9.22. The number of aromatic nitrogens is 2. The predicted octanol–water partition coefficient (Wildman–Crippen LogP) is 2.40. The van der Waals surface area contributed by atoms with E-state index in [-0.39, 0.29) is 11.8 Å². The average Bonchev–Trinajstić information content (AvgIpc) is 2.69. The van der Waals surface area contributed by atoms with Crippen molar-refractivity contribution >= 4 is 23.3 Å². The lowest BCUT2D eigenvalue weighted by Crippen LogP contribution is -2.50. The Balaban J connectivity index is 1.75. The van der Waals surface area contributed by atoms with Crippen molar-refractivity contribution in [1.82, 2.24) is 19.8 Å². The van der Waals surface area contributed by atoms with Gasteiger partial charge in [0.1, 0.15) is 17.8 Å². The van der Waals surface area contributed by atoms with Crippen LogP contribution in [0.5, 0.6) is 0 Å². The molecule has 0 saturated carbocycles. The van der Waals surface area contributed by atoms with Crippen LogP contribution in [0.3, 0.4) is 0 Å². The second-order valence-corrected chi connectivity index (χ2v) is 6.67. The summed E-state index contributed by atoms with van der Waals surface area (Å²) in [6.07, 6.45) is 2.31. The number of carbonyl (C=O) groups excluding carboxylic acids is 2.